The minimum absolute atomic E-state index is 0.206. The highest BCUT2D eigenvalue weighted by atomic mass is 32.2. The fourth-order valence-corrected chi connectivity index (χ4v) is 2.91. The largest absolute Gasteiger partial charge is 0.384 e. The van der Waals surface area contributed by atoms with Crippen LogP contribution < -0.4 is 4.72 Å². The molecule has 1 aromatic carbocycles. The number of rotatable bonds is 4. The summed E-state index contributed by atoms with van der Waals surface area (Å²) in [6.45, 7) is 2.12. The Bertz CT molecular complexity index is 622. The van der Waals surface area contributed by atoms with Crippen molar-refractivity contribution in [1.29, 1.82) is 0 Å². The average molecular weight is 279 g/mol. The number of aryl methyl sites for hydroxylation is 1. The molecule has 0 spiro atoms. The van der Waals surface area contributed by atoms with Crippen LogP contribution in [-0.2, 0) is 10.0 Å². The third-order valence-electron chi connectivity index (χ3n) is 3.07. The molecular weight excluding hydrogens is 262 g/mol. The topological polar surface area (TPSA) is 66.4 Å². The van der Waals surface area contributed by atoms with Crippen LogP contribution in [0.1, 0.15) is 24.0 Å². The zero-order chi connectivity index (χ0) is 13.9. The van der Waals surface area contributed by atoms with Gasteiger partial charge in [0.2, 0.25) is 10.0 Å². The molecule has 0 bridgehead atoms. The summed E-state index contributed by atoms with van der Waals surface area (Å²) in [4.78, 5) is 0.264. The van der Waals surface area contributed by atoms with Gasteiger partial charge in [-0.05, 0) is 49.4 Å². The van der Waals surface area contributed by atoms with Crippen molar-refractivity contribution < 1.29 is 13.5 Å². The third-order valence-corrected chi connectivity index (χ3v) is 4.49. The van der Waals surface area contributed by atoms with Crippen LogP contribution in [0.2, 0.25) is 0 Å². The quantitative estimate of drug-likeness (QED) is 0.809. The highest BCUT2D eigenvalue weighted by molar-refractivity contribution is 7.89. The molecule has 1 aliphatic carbocycles. The van der Waals surface area contributed by atoms with Gasteiger partial charge in [-0.15, -0.1) is 0 Å². The molecule has 2 N–H and O–H groups in total. The molecule has 0 aliphatic heterocycles. The van der Waals surface area contributed by atoms with Gasteiger partial charge in [-0.3, -0.25) is 0 Å². The van der Waals surface area contributed by atoms with E-state index in [1.54, 1.807) is 25.1 Å². The van der Waals surface area contributed by atoms with Crippen LogP contribution in [0.15, 0.2) is 23.1 Å². The normalized spacial score (nSPS) is 14.8. The molecule has 0 unspecified atom stereocenters. The summed E-state index contributed by atoms with van der Waals surface area (Å²) in [6.07, 6.45) is 2.22. The summed E-state index contributed by atoms with van der Waals surface area (Å²) in [7, 11) is -3.42. The minimum atomic E-state index is -3.42. The molecule has 0 aromatic heterocycles. The second-order valence-corrected chi connectivity index (χ2v) is 6.50. The van der Waals surface area contributed by atoms with E-state index in [0.29, 0.717) is 12.5 Å². The van der Waals surface area contributed by atoms with Crippen LogP contribution in [0.4, 0.5) is 0 Å². The summed E-state index contributed by atoms with van der Waals surface area (Å²) >= 11 is 0. The van der Waals surface area contributed by atoms with Crippen molar-refractivity contribution in [3.05, 3.63) is 29.3 Å². The van der Waals surface area contributed by atoms with Crippen molar-refractivity contribution in [3.63, 3.8) is 0 Å². The molecule has 0 atom stereocenters. The first kappa shape index (κ1) is 14.1. The van der Waals surface area contributed by atoms with Gasteiger partial charge < -0.3 is 5.11 Å². The van der Waals surface area contributed by atoms with E-state index in [-0.39, 0.29) is 11.5 Å². The van der Waals surface area contributed by atoms with E-state index in [1.807, 2.05) is 0 Å². The van der Waals surface area contributed by atoms with Crippen molar-refractivity contribution in [2.75, 3.05) is 13.2 Å². The lowest BCUT2D eigenvalue weighted by atomic mass is 10.1. The smallest absolute Gasteiger partial charge is 0.240 e. The molecule has 0 radical (unpaired) electrons. The zero-order valence-electron chi connectivity index (χ0n) is 10.8. The molecule has 0 saturated heterocycles. The number of aliphatic hydroxyl groups excluding tert-OH is 1. The summed E-state index contributed by atoms with van der Waals surface area (Å²) in [6, 6.07) is 4.82. The maximum absolute atomic E-state index is 12.1. The maximum atomic E-state index is 12.1. The molecule has 0 heterocycles. The molecule has 1 aromatic rings. The molecule has 1 fully saturated rings. The predicted molar refractivity (Wildman–Crippen MR) is 73.1 cm³/mol. The first-order valence-corrected chi connectivity index (χ1v) is 7.71. The van der Waals surface area contributed by atoms with Gasteiger partial charge in [0.15, 0.2) is 0 Å². The van der Waals surface area contributed by atoms with E-state index in [2.05, 4.69) is 16.6 Å². The molecule has 5 heteroatoms. The Morgan fingerprint density at radius 3 is 2.74 bits per heavy atom. The van der Waals surface area contributed by atoms with E-state index in [0.717, 1.165) is 24.0 Å². The number of hydrogen-bond donors (Lipinski definition) is 2. The average Bonchev–Trinajstić information content (AvgIpc) is 3.19. The summed E-state index contributed by atoms with van der Waals surface area (Å²) in [5.74, 6) is 5.84. The van der Waals surface area contributed by atoms with Crippen LogP contribution in [0.5, 0.6) is 0 Å². The lowest BCUT2D eigenvalue weighted by molar-refractivity contribution is 0.350. The van der Waals surface area contributed by atoms with E-state index >= 15 is 0 Å². The molecule has 0 amide bonds. The molecule has 2 rings (SSSR count). The Morgan fingerprint density at radius 2 is 2.16 bits per heavy atom. The van der Waals surface area contributed by atoms with Crippen LogP contribution >= 0.6 is 0 Å². The van der Waals surface area contributed by atoms with Crippen LogP contribution in [-0.4, -0.2) is 26.7 Å². The molecular formula is C14H17NO3S. The van der Waals surface area contributed by atoms with Crippen LogP contribution in [0.25, 0.3) is 0 Å². The van der Waals surface area contributed by atoms with E-state index in [1.165, 1.54) is 0 Å². The third kappa shape index (κ3) is 3.80. The van der Waals surface area contributed by atoms with Gasteiger partial charge in [0.05, 0.1) is 4.90 Å². The molecule has 19 heavy (non-hydrogen) atoms. The summed E-state index contributed by atoms with van der Waals surface area (Å²) in [5.41, 5.74) is 1.52. The van der Waals surface area contributed by atoms with Gasteiger partial charge in [0, 0.05) is 12.1 Å². The first-order valence-electron chi connectivity index (χ1n) is 6.23. The van der Waals surface area contributed by atoms with Crippen LogP contribution in [0, 0.1) is 24.7 Å². The summed E-state index contributed by atoms with van der Waals surface area (Å²) < 4.78 is 26.7. The van der Waals surface area contributed by atoms with Gasteiger partial charge in [-0.25, -0.2) is 13.1 Å². The molecule has 1 aliphatic rings. The molecule has 102 valence electrons. The minimum Gasteiger partial charge on any atom is -0.384 e. The van der Waals surface area contributed by atoms with Crippen molar-refractivity contribution in [3.8, 4) is 11.8 Å². The lowest BCUT2D eigenvalue weighted by Gasteiger charge is -2.07. The Labute approximate surface area is 113 Å². The van der Waals surface area contributed by atoms with E-state index in [4.69, 9.17) is 5.11 Å². The number of nitrogens with one attached hydrogen (secondary N) is 1. The van der Waals surface area contributed by atoms with Gasteiger partial charge in [0.1, 0.15) is 6.61 Å². The lowest BCUT2D eigenvalue weighted by Crippen LogP contribution is -2.25. The standard InChI is InChI=1S/C14H17NO3S/c1-11-9-14(7-6-13(11)3-2-8-16)19(17,18)15-10-12-4-5-12/h6-7,9,12,15-16H,4-5,8,10H2,1H3. The Kier molecular flexibility index (Phi) is 4.25. The van der Waals surface area contributed by atoms with Crippen molar-refractivity contribution in [2.45, 2.75) is 24.7 Å². The number of aliphatic hydroxyl groups is 1. The SMILES string of the molecule is Cc1cc(S(=O)(=O)NCC2CC2)ccc1C#CCO. The molecule has 1 saturated carbocycles. The van der Waals surface area contributed by atoms with E-state index in [9.17, 15) is 8.42 Å². The second-order valence-electron chi connectivity index (χ2n) is 4.73. The Balaban J connectivity index is 2.17. The Hall–Kier alpha value is -1.35. The number of sulfonamides is 1. The van der Waals surface area contributed by atoms with Gasteiger partial charge in [-0.1, -0.05) is 11.8 Å². The monoisotopic (exact) mass is 279 g/mol. The second kappa shape index (κ2) is 5.74. The summed E-state index contributed by atoms with van der Waals surface area (Å²) in [5, 5.41) is 8.65. The Morgan fingerprint density at radius 1 is 1.42 bits per heavy atom. The highest BCUT2D eigenvalue weighted by Crippen LogP contribution is 2.28. The van der Waals surface area contributed by atoms with Crippen molar-refractivity contribution in [2.24, 2.45) is 5.92 Å². The van der Waals surface area contributed by atoms with Crippen molar-refractivity contribution in [1.82, 2.24) is 4.72 Å². The van der Waals surface area contributed by atoms with Gasteiger partial charge in [0.25, 0.3) is 0 Å². The number of benzene rings is 1. The highest BCUT2D eigenvalue weighted by Gasteiger charge is 2.24. The predicted octanol–water partition coefficient (Wildman–Crippen LogP) is 1.03. The zero-order valence-corrected chi connectivity index (χ0v) is 11.6. The van der Waals surface area contributed by atoms with Gasteiger partial charge >= 0.3 is 0 Å². The maximum Gasteiger partial charge on any atom is 0.240 e. The first-order chi connectivity index (χ1) is 9.03. The fourth-order valence-electron chi connectivity index (χ4n) is 1.71. The van der Waals surface area contributed by atoms with Crippen molar-refractivity contribution >= 4 is 10.0 Å². The number of hydrogen-bond acceptors (Lipinski definition) is 3. The van der Waals surface area contributed by atoms with Crippen LogP contribution in [0.3, 0.4) is 0 Å². The van der Waals surface area contributed by atoms with E-state index < -0.39 is 10.0 Å². The molecule has 4 nitrogen and oxygen atoms in total. The fraction of sp³-hybridized carbons (Fsp3) is 0.429. The van der Waals surface area contributed by atoms with Gasteiger partial charge in [-0.2, -0.15) is 0 Å².